The van der Waals surface area contributed by atoms with Crippen LogP contribution in [0.3, 0.4) is 0 Å². The Morgan fingerprint density at radius 1 is 1.23 bits per heavy atom. The molecule has 0 saturated carbocycles. The van der Waals surface area contributed by atoms with Gasteiger partial charge in [-0.15, -0.1) is 0 Å². The number of ether oxygens (including phenoxy) is 1. The molecule has 0 aromatic heterocycles. The van der Waals surface area contributed by atoms with Gasteiger partial charge in [-0.1, -0.05) is 18.2 Å². The maximum absolute atomic E-state index is 13.0. The van der Waals surface area contributed by atoms with E-state index in [9.17, 15) is 13.2 Å². The zero-order chi connectivity index (χ0) is 18.7. The number of likely N-dealkylation sites (tertiary alicyclic amines) is 1. The summed E-state index contributed by atoms with van der Waals surface area (Å²) in [6.45, 7) is 0.553. The van der Waals surface area contributed by atoms with Crippen molar-refractivity contribution in [3.8, 4) is 5.75 Å². The number of halogens is 1. The first kappa shape index (κ1) is 18.9. The average Bonchev–Trinajstić information content (AvgIpc) is 3.09. The molecule has 5 nitrogen and oxygen atoms in total. The minimum absolute atomic E-state index is 0.0651. The first-order valence-electron chi connectivity index (χ1n) is 8.34. The van der Waals surface area contributed by atoms with Crippen LogP contribution in [-0.4, -0.2) is 44.7 Å². The molecule has 2 aromatic carbocycles. The Morgan fingerprint density at radius 3 is 2.65 bits per heavy atom. The summed E-state index contributed by atoms with van der Waals surface area (Å²) in [7, 11) is -1.90. The summed E-state index contributed by atoms with van der Waals surface area (Å²) in [5.74, 6) is 0.343. The number of hydrogen-bond acceptors (Lipinski definition) is 4. The summed E-state index contributed by atoms with van der Waals surface area (Å²) < 4.78 is 31.3. The fourth-order valence-corrected chi connectivity index (χ4v) is 5.24. The number of benzene rings is 2. The van der Waals surface area contributed by atoms with Crippen LogP contribution in [0, 0.1) is 0 Å². The molecule has 3 rings (SSSR count). The maximum Gasteiger partial charge on any atom is 0.255 e. The van der Waals surface area contributed by atoms with Crippen LogP contribution in [-0.2, 0) is 9.84 Å². The minimum Gasteiger partial charge on any atom is -0.497 e. The van der Waals surface area contributed by atoms with Crippen molar-refractivity contribution in [2.45, 2.75) is 23.8 Å². The molecule has 1 fully saturated rings. The third kappa shape index (κ3) is 3.94. The van der Waals surface area contributed by atoms with Gasteiger partial charge in [0.05, 0.1) is 23.3 Å². The first-order chi connectivity index (χ1) is 12.4. The number of carbonyl (C=O) groups is 1. The molecule has 1 saturated heterocycles. The van der Waals surface area contributed by atoms with Gasteiger partial charge in [0.15, 0.2) is 9.84 Å². The smallest absolute Gasteiger partial charge is 0.255 e. The zero-order valence-corrected chi connectivity index (χ0v) is 16.8. The standard InChI is InChI=1S/C19H20BrNO4S/c1-25-15-9-10-18(20)17(12-15)19(22)21-11-5-6-14(21)13-26(23,24)16-7-3-2-4-8-16/h2-4,7-10,12,14H,5-6,11,13H2,1H3/t14-/m0/s1. The second-order valence-corrected chi connectivity index (χ2v) is 9.12. The molecule has 0 spiro atoms. The van der Waals surface area contributed by atoms with Gasteiger partial charge in [0.25, 0.3) is 5.91 Å². The molecule has 1 aliphatic heterocycles. The Kier molecular flexibility index (Phi) is 5.67. The van der Waals surface area contributed by atoms with Gasteiger partial charge >= 0.3 is 0 Å². The number of sulfone groups is 1. The van der Waals surface area contributed by atoms with E-state index >= 15 is 0 Å². The molecule has 0 bridgehead atoms. The van der Waals surface area contributed by atoms with E-state index in [-0.39, 0.29) is 17.7 Å². The highest BCUT2D eigenvalue weighted by molar-refractivity contribution is 9.10. The lowest BCUT2D eigenvalue weighted by Crippen LogP contribution is -2.39. The van der Waals surface area contributed by atoms with Gasteiger partial charge in [0, 0.05) is 17.1 Å². The van der Waals surface area contributed by atoms with E-state index < -0.39 is 9.84 Å². The van der Waals surface area contributed by atoms with E-state index in [0.29, 0.717) is 33.6 Å². The number of hydrogen-bond donors (Lipinski definition) is 0. The highest BCUT2D eigenvalue weighted by Crippen LogP contribution is 2.28. The van der Waals surface area contributed by atoms with Gasteiger partial charge < -0.3 is 9.64 Å². The predicted octanol–water partition coefficient (Wildman–Crippen LogP) is 3.54. The Morgan fingerprint density at radius 2 is 1.96 bits per heavy atom. The van der Waals surface area contributed by atoms with Crippen molar-refractivity contribution < 1.29 is 17.9 Å². The van der Waals surface area contributed by atoms with E-state index in [1.165, 1.54) is 0 Å². The molecule has 1 amide bonds. The number of carbonyl (C=O) groups excluding carboxylic acids is 1. The van der Waals surface area contributed by atoms with Crippen molar-refractivity contribution in [3.63, 3.8) is 0 Å². The van der Waals surface area contributed by atoms with Gasteiger partial charge in [0.2, 0.25) is 0 Å². The number of methoxy groups -OCH3 is 1. The third-order valence-corrected chi connectivity index (χ3v) is 7.06. The molecular weight excluding hydrogens is 418 g/mol. The largest absolute Gasteiger partial charge is 0.497 e. The van der Waals surface area contributed by atoms with Crippen LogP contribution in [0.25, 0.3) is 0 Å². The summed E-state index contributed by atoms with van der Waals surface area (Å²) in [5, 5.41) is 0. The van der Waals surface area contributed by atoms with Crippen LogP contribution < -0.4 is 4.74 Å². The molecule has 26 heavy (non-hydrogen) atoms. The molecule has 7 heteroatoms. The van der Waals surface area contributed by atoms with E-state index in [1.807, 2.05) is 0 Å². The second kappa shape index (κ2) is 7.80. The number of amides is 1. The Hall–Kier alpha value is -1.86. The van der Waals surface area contributed by atoms with Crippen molar-refractivity contribution in [1.29, 1.82) is 0 Å². The highest BCUT2D eigenvalue weighted by atomic mass is 79.9. The lowest BCUT2D eigenvalue weighted by Gasteiger charge is -2.25. The molecular formula is C19H20BrNO4S. The van der Waals surface area contributed by atoms with Gasteiger partial charge in [-0.3, -0.25) is 4.79 Å². The monoisotopic (exact) mass is 437 g/mol. The van der Waals surface area contributed by atoms with Gasteiger partial charge in [-0.2, -0.15) is 0 Å². The summed E-state index contributed by atoms with van der Waals surface area (Å²) in [6, 6.07) is 13.3. The van der Waals surface area contributed by atoms with Gasteiger partial charge in [-0.05, 0) is 59.1 Å². The van der Waals surface area contributed by atoms with Crippen molar-refractivity contribution >= 4 is 31.7 Å². The maximum atomic E-state index is 13.0. The summed E-state index contributed by atoms with van der Waals surface area (Å²) >= 11 is 3.40. The van der Waals surface area contributed by atoms with E-state index in [2.05, 4.69) is 15.9 Å². The SMILES string of the molecule is COc1ccc(Br)c(C(=O)N2CCC[C@H]2CS(=O)(=O)c2ccccc2)c1. The molecule has 138 valence electrons. The van der Waals surface area contributed by atoms with Crippen LogP contribution >= 0.6 is 15.9 Å². The Bertz CT molecular complexity index is 899. The molecule has 2 aromatic rings. The van der Waals surface area contributed by atoms with Crippen LogP contribution in [0.4, 0.5) is 0 Å². The van der Waals surface area contributed by atoms with Crippen molar-refractivity contribution in [1.82, 2.24) is 4.90 Å². The van der Waals surface area contributed by atoms with Gasteiger partial charge in [-0.25, -0.2) is 8.42 Å². The van der Waals surface area contributed by atoms with Crippen molar-refractivity contribution in [2.24, 2.45) is 0 Å². The summed E-state index contributed by atoms with van der Waals surface area (Å²) in [4.78, 5) is 15.0. The first-order valence-corrected chi connectivity index (χ1v) is 10.8. The van der Waals surface area contributed by atoms with E-state index in [1.54, 1.807) is 60.5 Å². The van der Waals surface area contributed by atoms with Crippen LogP contribution in [0.15, 0.2) is 57.9 Å². The lowest BCUT2D eigenvalue weighted by atomic mass is 10.1. The molecule has 0 radical (unpaired) electrons. The molecule has 1 aliphatic rings. The quantitative estimate of drug-likeness (QED) is 0.717. The highest BCUT2D eigenvalue weighted by Gasteiger charge is 2.34. The normalized spacial score (nSPS) is 17.3. The zero-order valence-electron chi connectivity index (χ0n) is 14.4. The lowest BCUT2D eigenvalue weighted by molar-refractivity contribution is 0.0748. The summed E-state index contributed by atoms with van der Waals surface area (Å²) in [5.41, 5.74) is 0.480. The second-order valence-electron chi connectivity index (χ2n) is 6.23. The fourth-order valence-electron chi connectivity index (χ4n) is 3.20. The van der Waals surface area contributed by atoms with Crippen LogP contribution in [0.1, 0.15) is 23.2 Å². The van der Waals surface area contributed by atoms with E-state index in [0.717, 1.165) is 6.42 Å². The molecule has 0 N–H and O–H groups in total. The molecule has 1 atom stereocenters. The minimum atomic E-state index is -3.45. The number of nitrogens with zero attached hydrogens (tertiary/aromatic N) is 1. The molecule has 1 heterocycles. The van der Waals surface area contributed by atoms with Crippen molar-refractivity contribution in [2.75, 3.05) is 19.4 Å². The van der Waals surface area contributed by atoms with Crippen molar-refractivity contribution in [3.05, 3.63) is 58.6 Å². The van der Waals surface area contributed by atoms with E-state index in [4.69, 9.17) is 4.74 Å². The predicted molar refractivity (Wildman–Crippen MR) is 103 cm³/mol. The molecule has 0 unspecified atom stereocenters. The van der Waals surface area contributed by atoms with Gasteiger partial charge in [0.1, 0.15) is 5.75 Å². The number of rotatable bonds is 5. The van der Waals surface area contributed by atoms with Crippen LogP contribution in [0.5, 0.6) is 5.75 Å². The summed E-state index contributed by atoms with van der Waals surface area (Å²) in [6.07, 6.45) is 1.47. The Balaban J connectivity index is 1.83. The average molecular weight is 438 g/mol. The third-order valence-electron chi connectivity index (χ3n) is 4.56. The fraction of sp³-hybridized carbons (Fsp3) is 0.316. The Labute approximate surface area is 162 Å². The van der Waals surface area contributed by atoms with Crippen LogP contribution in [0.2, 0.25) is 0 Å². The topological polar surface area (TPSA) is 63.7 Å². The molecule has 0 aliphatic carbocycles.